The van der Waals surface area contributed by atoms with Crippen LogP contribution in [0.1, 0.15) is 19.3 Å². The lowest BCUT2D eigenvalue weighted by Gasteiger charge is -2.13. The maximum absolute atomic E-state index is 13.4. The molecule has 0 bridgehead atoms. The Hall–Kier alpha value is -1.31. The van der Waals surface area contributed by atoms with Crippen LogP contribution in [0, 0.1) is 34.5 Å². The fraction of sp³-hybridized carbons (Fsp3) is 0.417. The van der Waals surface area contributed by atoms with Crippen LogP contribution in [0.25, 0.3) is 0 Å². The number of halogens is 5. The Labute approximate surface area is 115 Å². The molecule has 1 aliphatic carbocycles. The van der Waals surface area contributed by atoms with Crippen LogP contribution in [0.3, 0.4) is 0 Å². The summed E-state index contributed by atoms with van der Waals surface area (Å²) in [6, 6.07) is 0. The SMILES string of the molecule is O=C(O)CC1(CSc2c(F)c(F)c(F)c(F)c2F)CC1. The van der Waals surface area contributed by atoms with Crippen molar-refractivity contribution in [3.8, 4) is 0 Å². The van der Waals surface area contributed by atoms with E-state index >= 15 is 0 Å². The van der Waals surface area contributed by atoms with Gasteiger partial charge in [0.2, 0.25) is 5.82 Å². The average Bonchev–Trinajstić information content (AvgIpc) is 3.13. The Morgan fingerprint density at radius 2 is 1.45 bits per heavy atom. The van der Waals surface area contributed by atoms with Gasteiger partial charge in [-0.15, -0.1) is 11.8 Å². The first-order valence-corrected chi connectivity index (χ1v) is 6.62. The zero-order valence-corrected chi connectivity index (χ0v) is 10.8. The summed E-state index contributed by atoms with van der Waals surface area (Å²) in [6.07, 6.45) is 0.929. The molecule has 1 N–H and O–H groups in total. The summed E-state index contributed by atoms with van der Waals surface area (Å²) < 4.78 is 65.6. The molecule has 20 heavy (non-hydrogen) atoms. The number of carboxylic acids is 1. The third-order valence-corrected chi connectivity index (χ3v) is 4.58. The number of carbonyl (C=O) groups is 1. The predicted octanol–water partition coefficient (Wildman–Crippen LogP) is 3.73. The Balaban J connectivity index is 2.21. The molecule has 0 aliphatic heterocycles. The number of thioether (sulfide) groups is 1. The third kappa shape index (κ3) is 2.74. The van der Waals surface area contributed by atoms with Gasteiger partial charge in [-0.2, -0.15) is 0 Å². The Bertz CT molecular complexity index is 542. The van der Waals surface area contributed by atoms with Crippen LogP contribution in [-0.2, 0) is 4.79 Å². The normalized spacial score (nSPS) is 16.2. The molecular weight excluding hydrogens is 303 g/mol. The van der Waals surface area contributed by atoms with Crippen molar-refractivity contribution in [1.29, 1.82) is 0 Å². The van der Waals surface area contributed by atoms with E-state index < -0.39 is 45.4 Å². The van der Waals surface area contributed by atoms with Gasteiger partial charge in [-0.3, -0.25) is 4.79 Å². The fourth-order valence-corrected chi connectivity index (χ4v) is 3.08. The minimum absolute atomic E-state index is 0.00233. The first-order chi connectivity index (χ1) is 9.27. The standard InChI is InChI=1S/C12H9F5O2S/c13-6-7(14)9(16)11(10(17)8(6)15)20-4-12(1-2-12)3-5(18)19/h1-4H2,(H,18,19). The summed E-state index contributed by atoms with van der Waals surface area (Å²) in [4.78, 5) is 9.67. The minimum atomic E-state index is -2.20. The first-order valence-electron chi connectivity index (χ1n) is 5.63. The summed E-state index contributed by atoms with van der Waals surface area (Å²) >= 11 is 0.462. The molecule has 1 aliphatic rings. The number of hydrogen-bond acceptors (Lipinski definition) is 2. The zero-order valence-electron chi connectivity index (χ0n) is 9.98. The summed E-state index contributed by atoms with van der Waals surface area (Å²) in [5.74, 6) is -11.0. The number of hydrogen-bond donors (Lipinski definition) is 1. The summed E-state index contributed by atoms with van der Waals surface area (Å²) in [7, 11) is 0. The Morgan fingerprint density at radius 1 is 1.00 bits per heavy atom. The van der Waals surface area contributed by atoms with Gasteiger partial charge in [0.05, 0.1) is 11.3 Å². The molecule has 0 atom stereocenters. The molecular formula is C12H9F5O2S. The molecule has 0 amide bonds. The molecule has 1 fully saturated rings. The highest BCUT2D eigenvalue weighted by Crippen LogP contribution is 2.52. The average molecular weight is 312 g/mol. The van der Waals surface area contributed by atoms with Crippen molar-refractivity contribution in [2.75, 3.05) is 5.75 Å². The third-order valence-electron chi connectivity index (χ3n) is 3.18. The van der Waals surface area contributed by atoms with E-state index in [1.165, 1.54) is 0 Å². The molecule has 1 aromatic rings. The summed E-state index contributed by atoms with van der Waals surface area (Å²) in [6.45, 7) is 0. The lowest BCUT2D eigenvalue weighted by Crippen LogP contribution is -2.12. The molecule has 1 saturated carbocycles. The fourth-order valence-electron chi connectivity index (χ4n) is 1.81. The van der Waals surface area contributed by atoms with E-state index in [1.54, 1.807) is 0 Å². The molecule has 0 radical (unpaired) electrons. The van der Waals surface area contributed by atoms with Crippen molar-refractivity contribution in [2.45, 2.75) is 24.2 Å². The molecule has 2 nitrogen and oxygen atoms in total. The second-order valence-electron chi connectivity index (χ2n) is 4.76. The molecule has 2 rings (SSSR count). The van der Waals surface area contributed by atoms with Crippen LogP contribution in [0.15, 0.2) is 4.90 Å². The largest absolute Gasteiger partial charge is 0.481 e. The smallest absolute Gasteiger partial charge is 0.303 e. The Morgan fingerprint density at radius 3 is 1.85 bits per heavy atom. The van der Waals surface area contributed by atoms with Crippen LogP contribution in [-0.4, -0.2) is 16.8 Å². The first kappa shape index (κ1) is 15.1. The molecule has 8 heteroatoms. The number of carboxylic acid groups (broad SMARTS) is 1. The summed E-state index contributed by atoms with van der Waals surface area (Å²) in [5, 5.41) is 8.69. The van der Waals surface area contributed by atoms with Crippen LogP contribution in [0.4, 0.5) is 22.0 Å². The maximum Gasteiger partial charge on any atom is 0.303 e. The van der Waals surface area contributed by atoms with E-state index in [4.69, 9.17) is 5.11 Å². The highest BCUT2D eigenvalue weighted by atomic mass is 32.2. The van der Waals surface area contributed by atoms with Gasteiger partial charge in [0.15, 0.2) is 23.3 Å². The van der Waals surface area contributed by atoms with E-state index in [2.05, 4.69) is 0 Å². The van der Waals surface area contributed by atoms with Gasteiger partial charge >= 0.3 is 5.97 Å². The zero-order chi connectivity index (χ0) is 15.1. The quantitative estimate of drug-likeness (QED) is 0.390. The van der Waals surface area contributed by atoms with Crippen molar-refractivity contribution < 1.29 is 31.9 Å². The van der Waals surface area contributed by atoms with Crippen molar-refractivity contribution >= 4 is 17.7 Å². The molecule has 0 aromatic heterocycles. The molecule has 0 saturated heterocycles. The second-order valence-corrected chi connectivity index (χ2v) is 5.74. The molecule has 0 heterocycles. The van der Waals surface area contributed by atoms with Crippen molar-refractivity contribution in [3.63, 3.8) is 0 Å². The van der Waals surface area contributed by atoms with Gasteiger partial charge in [0.1, 0.15) is 0 Å². The predicted molar refractivity (Wildman–Crippen MR) is 60.9 cm³/mol. The number of rotatable bonds is 5. The van der Waals surface area contributed by atoms with Crippen molar-refractivity contribution in [1.82, 2.24) is 0 Å². The van der Waals surface area contributed by atoms with Gasteiger partial charge in [-0.05, 0) is 18.3 Å². The highest BCUT2D eigenvalue weighted by molar-refractivity contribution is 7.99. The lowest BCUT2D eigenvalue weighted by atomic mass is 10.1. The molecule has 1 aromatic carbocycles. The number of aliphatic carboxylic acids is 1. The van der Waals surface area contributed by atoms with Crippen molar-refractivity contribution in [2.24, 2.45) is 5.41 Å². The van der Waals surface area contributed by atoms with Crippen LogP contribution in [0.2, 0.25) is 0 Å². The van der Waals surface area contributed by atoms with Crippen LogP contribution < -0.4 is 0 Å². The van der Waals surface area contributed by atoms with E-state index in [1.807, 2.05) is 0 Å². The van der Waals surface area contributed by atoms with E-state index in [-0.39, 0.29) is 12.2 Å². The summed E-state index contributed by atoms with van der Waals surface area (Å²) in [5.41, 5.74) is -0.614. The van der Waals surface area contributed by atoms with Gasteiger partial charge in [0, 0.05) is 5.75 Å². The minimum Gasteiger partial charge on any atom is -0.481 e. The van der Waals surface area contributed by atoms with Crippen LogP contribution in [0.5, 0.6) is 0 Å². The van der Waals surface area contributed by atoms with E-state index in [0.29, 0.717) is 24.6 Å². The Kier molecular flexibility index (Phi) is 3.95. The monoisotopic (exact) mass is 312 g/mol. The van der Waals surface area contributed by atoms with Gasteiger partial charge in [-0.1, -0.05) is 0 Å². The molecule has 0 spiro atoms. The van der Waals surface area contributed by atoms with Gasteiger partial charge < -0.3 is 5.11 Å². The highest BCUT2D eigenvalue weighted by Gasteiger charge is 2.44. The van der Waals surface area contributed by atoms with E-state index in [9.17, 15) is 26.7 Å². The molecule has 0 unspecified atom stereocenters. The second kappa shape index (κ2) is 5.23. The number of benzene rings is 1. The lowest BCUT2D eigenvalue weighted by molar-refractivity contribution is -0.138. The van der Waals surface area contributed by atoms with E-state index in [0.717, 1.165) is 0 Å². The maximum atomic E-state index is 13.4. The van der Waals surface area contributed by atoms with Gasteiger partial charge in [0.25, 0.3) is 0 Å². The topological polar surface area (TPSA) is 37.3 Å². The molecule has 110 valence electrons. The van der Waals surface area contributed by atoms with Gasteiger partial charge in [-0.25, -0.2) is 22.0 Å². The van der Waals surface area contributed by atoms with Crippen LogP contribution >= 0.6 is 11.8 Å². The van der Waals surface area contributed by atoms with Crippen molar-refractivity contribution in [3.05, 3.63) is 29.1 Å².